The lowest BCUT2D eigenvalue weighted by molar-refractivity contribution is -0.387. The van der Waals surface area contributed by atoms with Gasteiger partial charge >= 0.3 is 6.09 Å². The van der Waals surface area contributed by atoms with Crippen LogP contribution in [0.3, 0.4) is 0 Å². The van der Waals surface area contributed by atoms with E-state index >= 15 is 0 Å². The minimum Gasteiger partial charge on any atom is -0.485 e. The number of carbonyl (C=O) groups is 1. The third-order valence-corrected chi connectivity index (χ3v) is 13.4. The quantitative estimate of drug-likeness (QED) is 0.0414. The van der Waals surface area contributed by atoms with E-state index in [1.165, 1.54) is 12.1 Å². The summed E-state index contributed by atoms with van der Waals surface area (Å²) >= 11 is 0. The Kier molecular flexibility index (Phi) is 15.8. The van der Waals surface area contributed by atoms with E-state index in [4.69, 9.17) is 23.7 Å². The minimum atomic E-state index is -4.65. The molecule has 0 aromatic heterocycles. The van der Waals surface area contributed by atoms with Crippen LogP contribution < -0.4 is 18.9 Å². The highest BCUT2D eigenvalue weighted by Crippen LogP contribution is 2.45. The van der Waals surface area contributed by atoms with E-state index in [9.17, 15) is 28.4 Å². The van der Waals surface area contributed by atoms with Gasteiger partial charge in [-0.1, -0.05) is 152 Å². The number of benzene rings is 7. The fourth-order valence-corrected chi connectivity index (χ4v) is 9.54. The van der Waals surface area contributed by atoms with Gasteiger partial charge in [-0.3, -0.25) is 10.1 Å². The number of hydrogen-bond donors (Lipinski definition) is 1. The number of nitrogens with zero attached hydrogens (tertiary/aromatic N) is 2. The third-order valence-electron chi connectivity index (χ3n) is 11.6. The summed E-state index contributed by atoms with van der Waals surface area (Å²) in [5, 5.41) is 23.5. The maximum absolute atomic E-state index is 13.8. The fraction of sp³-hybridized carbons (Fsp3) is 0.218. The van der Waals surface area contributed by atoms with Crippen LogP contribution in [-0.2, 0) is 54.0 Å². The van der Waals surface area contributed by atoms with Gasteiger partial charge in [0.1, 0.15) is 32.2 Å². The number of nitro benzene ring substituents is 1. The van der Waals surface area contributed by atoms with Crippen LogP contribution in [0.2, 0.25) is 0 Å². The van der Waals surface area contributed by atoms with Gasteiger partial charge in [-0.25, -0.2) is 17.5 Å². The molecule has 2 atom stereocenters. The summed E-state index contributed by atoms with van der Waals surface area (Å²) in [6.45, 7) is 0.381. The zero-order valence-electron chi connectivity index (χ0n) is 37.8. The molecule has 0 saturated carbocycles. The molecule has 8 rings (SSSR count). The van der Waals surface area contributed by atoms with Gasteiger partial charge in [-0.15, -0.1) is 0 Å². The Bertz CT molecular complexity index is 2860. The van der Waals surface area contributed by atoms with Gasteiger partial charge in [-0.05, 0) is 76.9 Å². The van der Waals surface area contributed by atoms with Gasteiger partial charge in [0, 0.05) is 24.6 Å². The van der Waals surface area contributed by atoms with Gasteiger partial charge in [0.25, 0.3) is 15.7 Å². The Morgan fingerprint density at radius 2 is 1.16 bits per heavy atom. The molecular weight excluding hydrogens is 897 g/mol. The summed E-state index contributed by atoms with van der Waals surface area (Å²) in [4.78, 5) is 23.8. The second-order valence-electron chi connectivity index (χ2n) is 16.6. The van der Waals surface area contributed by atoms with Crippen molar-refractivity contribution in [2.45, 2.75) is 75.6 Å². The average molecular weight is 949 g/mol. The first kappa shape index (κ1) is 47.8. The van der Waals surface area contributed by atoms with Gasteiger partial charge in [0.15, 0.2) is 22.5 Å². The SMILES string of the molecule is O=C(OCc1ccccc1)N(CCCCCc1ccc2c(c1)CC(O)C(c1cc(OCc3ccccc3)c(OCc3ccccc3)c(OCc3ccccc3)c1)O2)S(=O)(=O)c1ccccc1[N+](=O)[O-]. The van der Waals surface area contributed by atoms with E-state index in [1.54, 1.807) is 30.3 Å². The topological polar surface area (TPSA) is 164 Å². The number of unbranched alkanes of at least 4 members (excludes halogenated alkanes) is 2. The summed E-state index contributed by atoms with van der Waals surface area (Å²) in [6, 6.07) is 52.8. The smallest absolute Gasteiger partial charge is 0.424 e. The molecule has 69 heavy (non-hydrogen) atoms. The molecule has 7 aromatic carbocycles. The maximum atomic E-state index is 13.8. The van der Waals surface area contributed by atoms with E-state index in [2.05, 4.69) is 0 Å². The number of sulfonamides is 1. The van der Waals surface area contributed by atoms with Crippen LogP contribution in [0, 0.1) is 10.1 Å². The molecule has 0 fully saturated rings. The minimum absolute atomic E-state index is 0.176. The van der Waals surface area contributed by atoms with Crippen molar-refractivity contribution in [3.63, 3.8) is 0 Å². The summed E-state index contributed by atoms with van der Waals surface area (Å²) < 4.78 is 59.7. The number of aliphatic hydroxyl groups is 1. The van der Waals surface area contributed by atoms with E-state index < -0.39 is 43.8 Å². The van der Waals surface area contributed by atoms with Gasteiger partial charge < -0.3 is 28.8 Å². The van der Waals surface area contributed by atoms with Crippen LogP contribution in [0.1, 0.15) is 64.3 Å². The van der Waals surface area contributed by atoms with Crippen LogP contribution in [0.25, 0.3) is 0 Å². The molecule has 0 spiro atoms. The number of aliphatic hydroxyl groups excluding tert-OH is 1. The van der Waals surface area contributed by atoms with Crippen molar-refractivity contribution < 1.29 is 46.9 Å². The molecule has 0 radical (unpaired) electrons. The maximum Gasteiger partial charge on any atom is 0.424 e. The number of para-hydroxylation sites is 1. The van der Waals surface area contributed by atoms with Crippen molar-refractivity contribution in [2.75, 3.05) is 6.54 Å². The van der Waals surface area contributed by atoms with Crippen molar-refractivity contribution in [3.8, 4) is 23.0 Å². The second kappa shape index (κ2) is 22.9. The van der Waals surface area contributed by atoms with Gasteiger partial charge in [-0.2, -0.15) is 0 Å². The Morgan fingerprint density at radius 1 is 0.638 bits per heavy atom. The van der Waals surface area contributed by atoms with E-state index in [0.29, 0.717) is 64.1 Å². The van der Waals surface area contributed by atoms with E-state index in [0.717, 1.165) is 39.9 Å². The van der Waals surface area contributed by atoms with E-state index in [-0.39, 0.29) is 39.4 Å². The molecule has 1 aliphatic rings. The predicted molar refractivity (Wildman–Crippen MR) is 259 cm³/mol. The standard InChI is InChI=1S/C55H52N2O11S/c58-48-33-45-32-40(18-14-5-17-31-56(55(59)67-39-44-25-12-4-13-26-44)69(62,63)52-28-16-15-27-47(52)57(60)61)29-30-49(45)68-53(48)46-34-50(64-36-41-19-6-1-7-20-41)54(66-38-43-23-10-3-11-24-43)51(35-46)65-37-42-21-8-2-9-22-42/h1-4,6-13,15-16,19-30,32,34-35,48,53,58H,5,14,17-18,31,33,36-39H2. The van der Waals surface area contributed by atoms with Gasteiger partial charge in [0.2, 0.25) is 5.75 Å². The lowest BCUT2D eigenvalue weighted by Gasteiger charge is -2.32. The first-order valence-corrected chi connectivity index (χ1v) is 24.2. The number of carbonyl (C=O) groups excluding carboxylic acids is 1. The zero-order chi connectivity index (χ0) is 48.0. The molecule has 354 valence electrons. The number of rotatable bonds is 21. The van der Waals surface area contributed by atoms with Crippen molar-refractivity contribution in [2.24, 2.45) is 0 Å². The number of fused-ring (bicyclic) bond motifs is 1. The Balaban J connectivity index is 0.963. The molecule has 0 aliphatic carbocycles. The average Bonchev–Trinajstić information content (AvgIpc) is 3.38. The lowest BCUT2D eigenvalue weighted by atomic mass is 9.92. The monoisotopic (exact) mass is 948 g/mol. The highest BCUT2D eigenvalue weighted by atomic mass is 32.2. The Labute approximate surface area is 401 Å². The third kappa shape index (κ3) is 12.5. The van der Waals surface area contributed by atoms with Crippen LogP contribution >= 0.6 is 0 Å². The first-order valence-electron chi connectivity index (χ1n) is 22.7. The number of hydrogen-bond acceptors (Lipinski definition) is 11. The molecule has 1 aliphatic heterocycles. The van der Waals surface area contributed by atoms with Crippen molar-refractivity contribution in [1.82, 2.24) is 4.31 Å². The zero-order valence-corrected chi connectivity index (χ0v) is 38.6. The molecule has 1 heterocycles. The highest BCUT2D eigenvalue weighted by Gasteiger charge is 2.36. The molecule has 1 amide bonds. The summed E-state index contributed by atoms with van der Waals surface area (Å²) in [5.74, 6) is 1.95. The molecule has 1 N–H and O–H groups in total. The number of amides is 1. The van der Waals surface area contributed by atoms with Crippen LogP contribution in [0.15, 0.2) is 181 Å². The van der Waals surface area contributed by atoms with E-state index in [1.807, 2.05) is 121 Å². The van der Waals surface area contributed by atoms with Crippen molar-refractivity contribution in [1.29, 1.82) is 0 Å². The second-order valence-corrected chi connectivity index (χ2v) is 18.4. The molecular formula is C55H52N2O11S. The molecule has 0 bridgehead atoms. The molecule has 7 aromatic rings. The summed E-state index contributed by atoms with van der Waals surface area (Å²) in [6.07, 6.45) is -0.438. The fourth-order valence-electron chi connectivity index (χ4n) is 8.03. The number of aryl methyl sites for hydroxylation is 1. The molecule has 2 unspecified atom stereocenters. The van der Waals surface area contributed by atoms with Crippen LogP contribution in [0.4, 0.5) is 10.5 Å². The Hall–Kier alpha value is -7.68. The predicted octanol–water partition coefficient (Wildman–Crippen LogP) is 11.1. The molecule has 13 nitrogen and oxygen atoms in total. The molecule has 14 heteroatoms. The Morgan fingerprint density at radius 3 is 1.72 bits per heavy atom. The number of nitro groups is 1. The lowest BCUT2D eigenvalue weighted by Crippen LogP contribution is -2.38. The summed E-state index contributed by atoms with van der Waals surface area (Å²) in [5.41, 5.74) is 5.40. The first-order chi connectivity index (χ1) is 33.6. The van der Waals surface area contributed by atoms with Crippen molar-refractivity contribution in [3.05, 3.63) is 225 Å². The van der Waals surface area contributed by atoms with Crippen LogP contribution in [0.5, 0.6) is 23.0 Å². The van der Waals surface area contributed by atoms with Crippen molar-refractivity contribution >= 4 is 21.8 Å². The highest BCUT2D eigenvalue weighted by molar-refractivity contribution is 7.89. The largest absolute Gasteiger partial charge is 0.485 e. The van der Waals surface area contributed by atoms with Gasteiger partial charge in [0.05, 0.1) is 11.0 Å². The number of ether oxygens (including phenoxy) is 5. The normalized spacial score (nSPS) is 14.2. The molecule has 0 saturated heterocycles. The van der Waals surface area contributed by atoms with Crippen LogP contribution in [-0.4, -0.2) is 41.5 Å². The summed E-state index contributed by atoms with van der Waals surface area (Å²) in [7, 11) is -4.65.